The third kappa shape index (κ3) is 2.86. The summed E-state index contributed by atoms with van der Waals surface area (Å²) in [5, 5.41) is 3.19. The minimum Gasteiger partial charge on any atom is -0.467 e. The highest BCUT2D eigenvalue weighted by atomic mass is 16.5. The predicted octanol–water partition coefficient (Wildman–Crippen LogP) is 2.28. The molecule has 1 aromatic rings. The van der Waals surface area contributed by atoms with Gasteiger partial charge in [-0.2, -0.15) is 0 Å². The highest BCUT2D eigenvalue weighted by Crippen LogP contribution is 2.18. The van der Waals surface area contributed by atoms with Crippen LogP contribution in [0.2, 0.25) is 0 Å². The molecule has 80 valence electrons. The summed E-state index contributed by atoms with van der Waals surface area (Å²) in [4.78, 5) is 0. The topological polar surface area (TPSA) is 34.4 Å². The summed E-state index contributed by atoms with van der Waals surface area (Å²) in [6, 6.07) is 2.14. The number of aryl methyl sites for hydroxylation is 1. The molecule has 3 heteroatoms. The maximum absolute atomic E-state index is 5.49. The van der Waals surface area contributed by atoms with Crippen molar-refractivity contribution in [2.45, 2.75) is 26.3 Å². The Bertz CT molecular complexity index is 258. The summed E-state index contributed by atoms with van der Waals surface area (Å²) < 4.78 is 10.9. The Labute approximate surface area is 85.4 Å². The molecule has 1 aromatic heterocycles. The fourth-order valence-corrected chi connectivity index (χ4v) is 1.38. The van der Waals surface area contributed by atoms with Gasteiger partial charge in [0.05, 0.1) is 18.9 Å². The molecule has 0 saturated carbocycles. The van der Waals surface area contributed by atoms with Gasteiger partial charge in [-0.05, 0) is 32.0 Å². The summed E-state index contributed by atoms with van der Waals surface area (Å²) in [7, 11) is 1.92. The molecule has 0 aromatic carbocycles. The molecule has 14 heavy (non-hydrogen) atoms. The second kappa shape index (κ2) is 5.83. The van der Waals surface area contributed by atoms with E-state index in [4.69, 9.17) is 9.15 Å². The molecule has 1 unspecified atom stereocenters. The summed E-state index contributed by atoms with van der Waals surface area (Å²) in [6.07, 6.45) is 2.77. The number of hydrogen-bond acceptors (Lipinski definition) is 3. The molecule has 0 fully saturated rings. The summed E-state index contributed by atoms with van der Waals surface area (Å²) >= 11 is 0. The SMILES string of the molecule is CCCOCC(NC)c1occc1C. The summed E-state index contributed by atoms with van der Waals surface area (Å²) in [5.74, 6) is 0.976. The van der Waals surface area contributed by atoms with Crippen molar-refractivity contribution in [2.75, 3.05) is 20.3 Å². The number of furan rings is 1. The zero-order valence-corrected chi connectivity index (χ0v) is 9.17. The van der Waals surface area contributed by atoms with Crippen molar-refractivity contribution < 1.29 is 9.15 Å². The Morgan fingerprint density at radius 1 is 1.57 bits per heavy atom. The van der Waals surface area contributed by atoms with Gasteiger partial charge in [-0.15, -0.1) is 0 Å². The Morgan fingerprint density at radius 2 is 2.36 bits per heavy atom. The van der Waals surface area contributed by atoms with Crippen molar-refractivity contribution in [1.29, 1.82) is 0 Å². The smallest absolute Gasteiger partial charge is 0.125 e. The highest BCUT2D eigenvalue weighted by molar-refractivity contribution is 5.18. The predicted molar refractivity (Wildman–Crippen MR) is 56.4 cm³/mol. The molecule has 0 aliphatic rings. The van der Waals surface area contributed by atoms with Gasteiger partial charge >= 0.3 is 0 Å². The van der Waals surface area contributed by atoms with E-state index in [1.807, 2.05) is 20.0 Å². The highest BCUT2D eigenvalue weighted by Gasteiger charge is 2.14. The molecular formula is C11H19NO2. The van der Waals surface area contributed by atoms with E-state index in [-0.39, 0.29) is 6.04 Å². The molecule has 0 saturated heterocycles. The van der Waals surface area contributed by atoms with Crippen molar-refractivity contribution in [1.82, 2.24) is 5.32 Å². The van der Waals surface area contributed by atoms with Gasteiger partial charge in [0.1, 0.15) is 5.76 Å². The van der Waals surface area contributed by atoms with Crippen LogP contribution in [0.4, 0.5) is 0 Å². The Balaban J connectivity index is 2.50. The van der Waals surface area contributed by atoms with E-state index in [1.165, 1.54) is 5.56 Å². The van der Waals surface area contributed by atoms with Crippen LogP contribution in [-0.2, 0) is 4.74 Å². The first-order valence-corrected chi connectivity index (χ1v) is 5.08. The number of nitrogens with one attached hydrogen (secondary N) is 1. The molecule has 1 atom stereocenters. The van der Waals surface area contributed by atoms with Gasteiger partial charge in [0.2, 0.25) is 0 Å². The number of ether oxygens (including phenoxy) is 1. The van der Waals surface area contributed by atoms with Crippen molar-refractivity contribution in [3.05, 3.63) is 23.7 Å². The fraction of sp³-hybridized carbons (Fsp3) is 0.636. The quantitative estimate of drug-likeness (QED) is 0.710. The fourth-order valence-electron chi connectivity index (χ4n) is 1.38. The molecule has 1 N–H and O–H groups in total. The second-order valence-corrected chi connectivity index (χ2v) is 3.38. The third-order valence-corrected chi connectivity index (χ3v) is 2.20. The van der Waals surface area contributed by atoms with Crippen LogP contribution in [0.1, 0.15) is 30.7 Å². The van der Waals surface area contributed by atoms with Gasteiger partial charge in [0.25, 0.3) is 0 Å². The van der Waals surface area contributed by atoms with Gasteiger partial charge in [0.15, 0.2) is 0 Å². The molecule has 0 radical (unpaired) electrons. The lowest BCUT2D eigenvalue weighted by molar-refractivity contribution is 0.108. The third-order valence-electron chi connectivity index (χ3n) is 2.20. The monoisotopic (exact) mass is 197 g/mol. The lowest BCUT2D eigenvalue weighted by Gasteiger charge is -2.14. The molecule has 1 rings (SSSR count). The van der Waals surface area contributed by atoms with E-state index in [9.17, 15) is 0 Å². The lowest BCUT2D eigenvalue weighted by atomic mass is 10.1. The van der Waals surface area contributed by atoms with Crippen molar-refractivity contribution in [3.63, 3.8) is 0 Å². The molecule has 0 spiro atoms. The van der Waals surface area contributed by atoms with E-state index in [0.717, 1.165) is 18.8 Å². The molecule has 0 amide bonds. The van der Waals surface area contributed by atoms with Gasteiger partial charge < -0.3 is 14.5 Å². The zero-order chi connectivity index (χ0) is 10.4. The van der Waals surface area contributed by atoms with Crippen LogP contribution < -0.4 is 5.32 Å². The van der Waals surface area contributed by atoms with Gasteiger partial charge in [0, 0.05) is 6.61 Å². The van der Waals surface area contributed by atoms with Crippen LogP contribution in [0.25, 0.3) is 0 Å². The van der Waals surface area contributed by atoms with Crippen molar-refractivity contribution in [2.24, 2.45) is 0 Å². The molecule has 0 aliphatic carbocycles. The van der Waals surface area contributed by atoms with Crippen molar-refractivity contribution >= 4 is 0 Å². The second-order valence-electron chi connectivity index (χ2n) is 3.38. The molecular weight excluding hydrogens is 178 g/mol. The minimum absolute atomic E-state index is 0.163. The maximum atomic E-state index is 5.49. The molecule has 0 bridgehead atoms. The van der Waals surface area contributed by atoms with Crippen LogP contribution >= 0.6 is 0 Å². The largest absolute Gasteiger partial charge is 0.467 e. The van der Waals surface area contributed by atoms with E-state index < -0.39 is 0 Å². The van der Waals surface area contributed by atoms with E-state index in [0.29, 0.717) is 6.61 Å². The first-order valence-electron chi connectivity index (χ1n) is 5.08. The first kappa shape index (κ1) is 11.3. The standard InChI is InChI=1S/C11H19NO2/c1-4-6-13-8-10(12-3)11-9(2)5-7-14-11/h5,7,10,12H,4,6,8H2,1-3H3. The lowest BCUT2D eigenvalue weighted by Crippen LogP contribution is -2.22. The van der Waals surface area contributed by atoms with Crippen LogP contribution in [0.3, 0.4) is 0 Å². The average molecular weight is 197 g/mol. The van der Waals surface area contributed by atoms with Gasteiger partial charge in [-0.3, -0.25) is 0 Å². The molecule has 3 nitrogen and oxygen atoms in total. The van der Waals surface area contributed by atoms with Gasteiger partial charge in [-0.25, -0.2) is 0 Å². The average Bonchev–Trinajstić information content (AvgIpc) is 2.60. The number of likely N-dealkylation sites (N-methyl/N-ethyl adjacent to an activating group) is 1. The van der Waals surface area contributed by atoms with Crippen LogP contribution in [0.15, 0.2) is 16.7 Å². The van der Waals surface area contributed by atoms with Crippen LogP contribution in [-0.4, -0.2) is 20.3 Å². The maximum Gasteiger partial charge on any atom is 0.125 e. The molecule has 0 aliphatic heterocycles. The van der Waals surface area contributed by atoms with Crippen LogP contribution in [0, 0.1) is 6.92 Å². The summed E-state index contributed by atoms with van der Waals surface area (Å²) in [6.45, 7) is 5.62. The summed E-state index contributed by atoms with van der Waals surface area (Å²) in [5.41, 5.74) is 1.17. The normalized spacial score (nSPS) is 13.1. The van der Waals surface area contributed by atoms with E-state index in [1.54, 1.807) is 6.26 Å². The van der Waals surface area contributed by atoms with Crippen LogP contribution in [0.5, 0.6) is 0 Å². The number of rotatable bonds is 6. The van der Waals surface area contributed by atoms with Crippen molar-refractivity contribution in [3.8, 4) is 0 Å². The number of hydrogen-bond donors (Lipinski definition) is 1. The Kier molecular flexibility index (Phi) is 4.70. The minimum atomic E-state index is 0.163. The molecule has 1 heterocycles. The van der Waals surface area contributed by atoms with E-state index in [2.05, 4.69) is 12.2 Å². The Hall–Kier alpha value is -0.800. The van der Waals surface area contributed by atoms with E-state index >= 15 is 0 Å². The zero-order valence-electron chi connectivity index (χ0n) is 9.17. The Morgan fingerprint density at radius 3 is 2.86 bits per heavy atom. The van der Waals surface area contributed by atoms with Gasteiger partial charge in [-0.1, -0.05) is 6.92 Å². The first-order chi connectivity index (χ1) is 6.79.